The lowest BCUT2D eigenvalue weighted by molar-refractivity contribution is 0.0496. The van der Waals surface area contributed by atoms with Gasteiger partial charge in [0.05, 0.1) is 6.61 Å². The van der Waals surface area contributed by atoms with E-state index in [2.05, 4.69) is 24.1 Å². The summed E-state index contributed by atoms with van der Waals surface area (Å²) in [6.07, 6.45) is 5.90. The van der Waals surface area contributed by atoms with Crippen molar-refractivity contribution in [1.82, 2.24) is 10.3 Å². The van der Waals surface area contributed by atoms with Crippen LogP contribution in [0.3, 0.4) is 0 Å². The molecule has 1 aliphatic heterocycles. The standard InChI is InChI=1S/C16H26N2O2/c1-13(2)9-18-11-15-10-17-6-3-16(15)20-12-14-4-7-19-8-5-14/h3,6,10,13-14,18H,4-5,7-9,11-12H2,1-2H3. The summed E-state index contributed by atoms with van der Waals surface area (Å²) in [6.45, 7) is 8.76. The molecule has 20 heavy (non-hydrogen) atoms. The van der Waals surface area contributed by atoms with Crippen LogP contribution in [0.2, 0.25) is 0 Å². The summed E-state index contributed by atoms with van der Waals surface area (Å²) in [5.74, 6) is 2.23. The van der Waals surface area contributed by atoms with Crippen LogP contribution in [0.1, 0.15) is 32.3 Å². The predicted octanol–water partition coefficient (Wildman–Crippen LogP) is 2.63. The van der Waals surface area contributed by atoms with Crippen molar-refractivity contribution in [3.05, 3.63) is 24.0 Å². The van der Waals surface area contributed by atoms with E-state index in [4.69, 9.17) is 9.47 Å². The summed E-state index contributed by atoms with van der Waals surface area (Å²) in [5.41, 5.74) is 1.14. The van der Waals surface area contributed by atoms with Crippen molar-refractivity contribution in [3.8, 4) is 5.75 Å². The minimum atomic E-state index is 0.619. The molecule has 2 rings (SSSR count). The van der Waals surface area contributed by atoms with Gasteiger partial charge in [-0.1, -0.05) is 13.8 Å². The summed E-state index contributed by atoms with van der Waals surface area (Å²) in [4.78, 5) is 4.20. The number of nitrogens with zero attached hydrogens (tertiary/aromatic N) is 1. The van der Waals surface area contributed by atoms with Gasteiger partial charge in [0.25, 0.3) is 0 Å². The third-order valence-electron chi connectivity index (χ3n) is 3.54. The van der Waals surface area contributed by atoms with Crippen molar-refractivity contribution in [2.45, 2.75) is 33.2 Å². The molecule has 1 N–H and O–H groups in total. The molecule has 0 aromatic carbocycles. The average molecular weight is 278 g/mol. The molecule has 112 valence electrons. The number of aromatic nitrogens is 1. The number of nitrogens with one attached hydrogen (secondary N) is 1. The van der Waals surface area contributed by atoms with Gasteiger partial charge in [-0.25, -0.2) is 0 Å². The van der Waals surface area contributed by atoms with Gasteiger partial charge < -0.3 is 14.8 Å². The highest BCUT2D eigenvalue weighted by Crippen LogP contribution is 2.20. The summed E-state index contributed by atoms with van der Waals surface area (Å²) >= 11 is 0. The van der Waals surface area contributed by atoms with Crippen molar-refractivity contribution < 1.29 is 9.47 Å². The van der Waals surface area contributed by atoms with E-state index in [1.54, 1.807) is 6.20 Å². The molecule has 1 aliphatic rings. The van der Waals surface area contributed by atoms with E-state index in [0.717, 1.165) is 57.1 Å². The van der Waals surface area contributed by atoms with Crippen molar-refractivity contribution in [2.24, 2.45) is 11.8 Å². The van der Waals surface area contributed by atoms with Gasteiger partial charge in [0, 0.05) is 37.7 Å². The third kappa shape index (κ3) is 5.10. The van der Waals surface area contributed by atoms with E-state index in [9.17, 15) is 0 Å². The molecule has 1 aromatic rings. The molecule has 0 spiro atoms. The van der Waals surface area contributed by atoms with Crippen LogP contribution in [-0.4, -0.2) is 31.3 Å². The monoisotopic (exact) mass is 278 g/mol. The van der Waals surface area contributed by atoms with Crippen LogP contribution in [-0.2, 0) is 11.3 Å². The molecule has 0 saturated carbocycles. The Morgan fingerprint density at radius 3 is 2.95 bits per heavy atom. The van der Waals surface area contributed by atoms with Crippen LogP contribution in [0, 0.1) is 11.8 Å². The van der Waals surface area contributed by atoms with Gasteiger partial charge in [-0.3, -0.25) is 4.98 Å². The number of ether oxygens (including phenoxy) is 2. The fourth-order valence-corrected chi connectivity index (χ4v) is 2.30. The van der Waals surface area contributed by atoms with Gasteiger partial charge in [-0.2, -0.15) is 0 Å². The Hall–Kier alpha value is -1.13. The zero-order valence-electron chi connectivity index (χ0n) is 12.6. The second kappa shape index (κ2) is 8.22. The molecule has 4 nitrogen and oxygen atoms in total. The molecule has 1 aromatic heterocycles. The van der Waals surface area contributed by atoms with Crippen molar-refractivity contribution in [3.63, 3.8) is 0 Å². The second-order valence-corrected chi connectivity index (χ2v) is 5.87. The largest absolute Gasteiger partial charge is 0.493 e. The summed E-state index contributed by atoms with van der Waals surface area (Å²) in [5, 5.41) is 3.44. The van der Waals surface area contributed by atoms with Gasteiger partial charge in [0.1, 0.15) is 5.75 Å². The number of pyridine rings is 1. The minimum Gasteiger partial charge on any atom is -0.493 e. The molecule has 4 heteroatoms. The minimum absolute atomic E-state index is 0.619. The van der Waals surface area contributed by atoms with Crippen LogP contribution < -0.4 is 10.1 Å². The highest BCUT2D eigenvalue weighted by atomic mass is 16.5. The molecule has 2 heterocycles. The maximum absolute atomic E-state index is 6.00. The van der Waals surface area contributed by atoms with Crippen LogP contribution in [0.25, 0.3) is 0 Å². The predicted molar refractivity (Wildman–Crippen MR) is 79.8 cm³/mol. The van der Waals surface area contributed by atoms with E-state index in [-0.39, 0.29) is 0 Å². The highest BCUT2D eigenvalue weighted by molar-refractivity contribution is 5.29. The Morgan fingerprint density at radius 1 is 1.40 bits per heavy atom. The van der Waals surface area contributed by atoms with Gasteiger partial charge >= 0.3 is 0 Å². The number of hydrogen-bond donors (Lipinski definition) is 1. The van der Waals surface area contributed by atoms with E-state index in [1.807, 2.05) is 12.3 Å². The normalized spacial score (nSPS) is 16.6. The first kappa shape index (κ1) is 15.3. The zero-order chi connectivity index (χ0) is 14.2. The lowest BCUT2D eigenvalue weighted by atomic mass is 10.0. The maximum atomic E-state index is 6.00. The fourth-order valence-electron chi connectivity index (χ4n) is 2.30. The van der Waals surface area contributed by atoms with Gasteiger partial charge in [-0.15, -0.1) is 0 Å². The Bertz CT molecular complexity index is 390. The Morgan fingerprint density at radius 2 is 2.20 bits per heavy atom. The molecular weight excluding hydrogens is 252 g/mol. The van der Waals surface area contributed by atoms with Crippen LogP contribution in [0.5, 0.6) is 5.75 Å². The Labute approximate surface area is 121 Å². The maximum Gasteiger partial charge on any atom is 0.126 e. The average Bonchev–Trinajstić information content (AvgIpc) is 2.47. The summed E-state index contributed by atoms with van der Waals surface area (Å²) < 4.78 is 11.4. The molecule has 0 amide bonds. The first-order valence-electron chi connectivity index (χ1n) is 7.60. The molecule has 0 atom stereocenters. The van der Waals surface area contributed by atoms with Crippen LogP contribution in [0.4, 0.5) is 0 Å². The Kier molecular flexibility index (Phi) is 6.27. The van der Waals surface area contributed by atoms with Crippen LogP contribution in [0.15, 0.2) is 18.5 Å². The van der Waals surface area contributed by atoms with Gasteiger partial charge in [-0.05, 0) is 37.3 Å². The molecule has 0 unspecified atom stereocenters. The SMILES string of the molecule is CC(C)CNCc1cnccc1OCC1CCOCC1. The van der Waals surface area contributed by atoms with Crippen molar-refractivity contribution in [2.75, 3.05) is 26.4 Å². The fraction of sp³-hybridized carbons (Fsp3) is 0.688. The first-order valence-corrected chi connectivity index (χ1v) is 7.60. The van der Waals surface area contributed by atoms with Gasteiger partial charge in [0.2, 0.25) is 0 Å². The quantitative estimate of drug-likeness (QED) is 0.832. The first-order chi connectivity index (χ1) is 9.75. The number of rotatable bonds is 7. The molecule has 1 saturated heterocycles. The third-order valence-corrected chi connectivity index (χ3v) is 3.54. The van der Waals surface area contributed by atoms with Crippen molar-refractivity contribution >= 4 is 0 Å². The van der Waals surface area contributed by atoms with E-state index < -0.39 is 0 Å². The van der Waals surface area contributed by atoms with Gasteiger partial charge in [0.15, 0.2) is 0 Å². The second-order valence-electron chi connectivity index (χ2n) is 5.87. The summed E-state index contributed by atoms with van der Waals surface area (Å²) in [7, 11) is 0. The molecular formula is C16H26N2O2. The molecule has 0 radical (unpaired) electrons. The molecule has 0 aliphatic carbocycles. The van der Waals surface area contributed by atoms with E-state index in [1.165, 1.54) is 0 Å². The lowest BCUT2D eigenvalue weighted by Gasteiger charge is -2.22. The smallest absolute Gasteiger partial charge is 0.126 e. The van der Waals surface area contributed by atoms with E-state index >= 15 is 0 Å². The summed E-state index contributed by atoms with van der Waals surface area (Å²) in [6, 6.07) is 1.96. The van der Waals surface area contributed by atoms with Crippen molar-refractivity contribution in [1.29, 1.82) is 0 Å². The highest BCUT2D eigenvalue weighted by Gasteiger charge is 2.15. The zero-order valence-corrected chi connectivity index (χ0v) is 12.6. The topological polar surface area (TPSA) is 43.4 Å². The molecule has 0 bridgehead atoms. The number of hydrogen-bond acceptors (Lipinski definition) is 4. The molecule has 1 fully saturated rings. The lowest BCUT2D eigenvalue weighted by Crippen LogP contribution is -2.22. The van der Waals surface area contributed by atoms with E-state index in [0.29, 0.717) is 11.8 Å². The Balaban J connectivity index is 1.83. The van der Waals surface area contributed by atoms with Crippen LogP contribution >= 0.6 is 0 Å².